The molecule has 26 heavy (non-hydrogen) atoms. The number of allylic oxidation sites excluding steroid dienone is 1. The summed E-state index contributed by atoms with van der Waals surface area (Å²) in [7, 11) is 0. The fourth-order valence-electron chi connectivity index (χ4n) is 2.77. The van der Waals surface area contributed by atoms with Crippen LogP contribution < -0.4 is 5.32 Å². The second-order valence-electron chi connectivity index (χ2n) is 5.80. The van der Waals surface area contributed by atoms with Gasteiger partial charge in [-0.25, -0.2) is 18.7 Å². The van der Waals surface area contributed by atoms with Gasteiger partial charge in [0.05, 0.1) is 11.1 Å². The van der Waals surface area contributed by atoms with Gasteiger partial charge in [0.1, 0.15) is 5.82 Å². The van der Waals surface area contributed by atoms with Gasteiger partial charge in [0, 0.05) is 35.3 Å². The minimum absolute atomic E-state index is 0.314. The number of nitrogens with one attached hydrogen (secondary N) is 1. The lowest BCUT2D eigenvalue weighted by atomic mass is 10.0. The van der Waals surface area contributed by atoms with E-state index in [0.717, 1.165) is 23.3 Å². The van der Waals surface area contributed by atoms with Crippen LogP contribution in [-0.2, 0) is 0 Å². The Morgan fingerprint density at radius 1 is 1.12 bits per heavy atom. The zero-order valence-corrected chi connectivity index (χ0v) is 14.2. The molecule has 0 radical (unpaired) electrons. The SMILES string of the molecule is Fc1ccc(Nc2nc(-c3cccnc3)nc3c2C(Cl)CC=C3)cc1F. The van der Waals surface area contributed by atoms with Crippen molar-refractivity contribution in [2.75, 3.05) is 5.32 Å². The summed E-state index contributed by atoms with van der Waals surface area (Å²) in [6, 6.07) is 7.22. The van der Waals surface area contributed by atoms with Gasteiger partial charge in [0.2, 0.25) is 0 Å². The molecule has 1 aromatic carbocycles. The summed E-state index contributed by atoms with van der Waals surface area (Å²) < 4.78 is 26.7. The van der Waals surface area contributed by atoms with Crippen molar-refractivity contribution in [3.63, 3.8) is 0 Å². The van der Waals surface area contributed by atoms with Crippen molar-refractivity contribution in [2.24, 2.45) is 0 Å². The summed E-state index contributed by atoms with van der Waals surface area (Å²) >= 11 is 6.46. The summed E-state index contributed by atoms with van der Waals surface area (Å²) in [6.45, 7) is 0. The van der Waals surface area contributed by atoms with E-state index in [1.807, 2.05) is 18.2 Å². The standard InChI is InChI=1S/C19H13ClF2N4/c20-13-4-1-5-16-17(13)19(24-12-6-7-14(21)15(22)9-12)26-18(25-16)11-3-2-8-23-10-11/h1-3,5-10,13H,4H2,(H,24,25,26). The molecule has 2 aromatic heterocycles. The van der Waals surface area contributed by atoms with E-state index in [2.05, 4.69) is 20.3 Å². The lowest BCUT2D eigenvalue weighted by Gasteiger charge is -2.20. The summed E-state index contributed by atoms with van der Waals surface area (Å²) in [5.74, 6) is -0.913. The molecule has 1 aliphatic carbocycles. The fraction of sp³-hybridized carbons (Fsp3) is 0.105. The molecule has 1 unspecified atom stereocenters. The van der Waals surface area contributed by atoms with Crippen molar-refractivity contribution in [2.45, 2.75) is 11.8 Å². The number of anilines is 2. The molecule has 4 nitrogen and oxygen atoms in total. The normalized spacial score (nSPS) is 15.6. The third kappa shape index (κ3) is 3.15. The second kappa shape index (κ2) is 6.80. The van der Waals surface area contributed by atoms with Gasteiger partial charge >= 0.3 is 0 Å². The van der Waals surface area contributed by atoms with Crippen LogP contribution in [0.4, 0.5) is 20.3 Å². The van der Waals surface area contributed by atoms with Crippen LogP contribution in [0, 0.1) is 11.6 Å². The number of hydrogen-bond acceptors (Lipinski definition) is 4. The molecule has 3 aromatic rings. The van der Waals surface area contributed by atoms with Crippen LogP contribution in [0.15, 0.2) is 48.8 Å². The number of pyridine rings is 1. The highest BCUT2D eigenvalue weighted by Crippen LogP contribution is 2.38. The van der Waals surface area contributed by atoms with E-state index in [0.29, 0.717) is 29.4 Å². The van der Waals surface area contributed by atoms with Crippen molar-refractivity contribution in [3.05, 3.63) is 71.7 Å². The van der Waals surface area contributed by atoms with Crippen LogP contribution in [0.25, 0.3) is 17.5 Å². The molecule has 1 N–H and O–H groups in total. The van der Waals surface area contributed by atoms with Gasteiger partial charge in [-0.15, -0.1) is 11.6 Å². The number of alkyl halides is 1. The van der Waals surface area contributed by atoms with Gasteiger partial charge in [-0.3, -0.25) is 4.98 Å². The average Bonchev–Trinajstić information content (AvgIpc) is 2.65. The molecule has 0 fully saturated rings. The maximum Gasteiger partial charge on any atom is 0.163 e. The Morgan fingerprint density at radius 3 is 2.77 bits per heavy atom. The monoisotopic (exact) mass is 370 g/mol. The highest BCUT2D eigenvalue weighted by Gasteiger charge is 2.23. The first kappa shape index (κ1) is 16.6. The maximum absolute atomic E-state index is 13.5. The van der Waals surface area contributed by atoms with E-state index < -0.39 is 11.6 Å². The summed E-state index contributed by atoms with van der Waals surface area (Å²) in [6.07, 6.45) is 7.79. The maximum atomic E-state index is 13.5. The van der Waals surface area contributed by atoms with E-state index in [-0.39, 0.29) is 5.38 Å². The molecule has 0 spiro atoms. The zero-order chi connectivity index (χ0) is 18.1. The number of halogens is 3. The van der Waals surface area contributed by atoms with Gasteiger partial charge in [-0.2, -0.15) is 0 Å². The van der Waals surface area contributed by atoms with Crippen LogP contribution in [0.3, 0.4) is 0 Å². The summed E-state index contributed by atoms with van der Waals surface area (Å²) in [4.78, 5) is 13.2. The van der Waals surface area contributed by atoms with E-state index >= 15 is 0 Å². The van der Waals surface area contributed by atoms with Crippen LogP contribution in [0.1, 0.15) is 23.1 Å². The molecular formula is C19H13ClF2N4. The summed E-state index contributed by atoms with van der Waals surface area (Å²) in [5.41, 5.74) is 2.54. The minimum atomic E-state index is -0.937. The molecule has 0 aliphatic heterocycles. The minimum Gasteiger partial charge on any atom is -0.340 e. The number of nitrogens with zero attached hydrogens (tertiary/aromatic N) is 3. The van der Waals surface area contributed by atoms with Crippen molar-refractivity contribution in [1.29, 1.82) is 0 Å². The van der Waals surface area contributed by atoms with Crippen molar-refractivity contribution < 1.29 is 8.78 Å². The van der Waals surface area contributed by atoms with Crippen LogP contribution in [0.2, 0.25) is 0 Å². The predicted octanol–water partition coefficient (Wildman–Crippen LogP) is 5.26. The van der Waals surface area contributed by atoms with E-state index in [9.17, 15) is 8.78 Å². The van der Waals surface area contributed by atoms with Gasteiger partial charge in [0.25, 0.3) is 0 Å². The third-order valence-electron chi connectivity index (χ3n) is 4.01. The van der Waals surface area contributed by atoms with E-state index in [1.54, 1.807) is 18.5 Å². The summed E-state index contributed by atoms with van der Waals surface area (Å²) in [5, 5.41) is 2.73. The Labute approximate surface area is 153 Å². The topological polar surface area (TPSA) is 50.7 Å². The van der Waals surface area contributed by atoms with E-state index in [4.69, 9.17) is 11.6 Å². The Hall–Kier alpha value is -2.86. The highest BCUT2D eigenvalue weighted by molar-refractivity contribution is 6.21. The fourth-order valence-corrected chi connectivity index (χ4v) is 3.09. The van der Waals surface area contributed by atoms with Gasteiger partial charge < -0.3 is 5.32 Å². The molecule has 1 atom stereocenters. The molecule has 130 valence electrons. The quantitative estimate of drug-likeness (QED) is 0.639. The molecule has 0 saturated heterocycles. The Kier molecular flexibility index (Phi) is 4.34. The first-order valence-electron chi connectivity index (χ1n) is 7.97. The molecule has 0 amide bonds. The average molecular weight is 371 g/mol. The highest BCUT2D eigenvalue weighted by atomic mass is 35.5. The molecule has 0 bridgehead atoms. The lowest BCUT2D eigenvalue weighted by Crippen LogP contribution is -2.09. The first-order chi connectivity index (χ1) is 12.6. The van der Waals surface area contributed by atoms with Gasteiger partial charge in [0.15, 0.2) is 17.5 Å². The molecule has 2 heterocycles. The number of rotatable bonds is 3. The predicted molar refractivity (Wildman–Crippen MR) is 97.1 cm³/mol. The van der Waals surface area contributed by atoms with Crippen LogP contribution >= 0.6 is 11.6 Å². The van der Waals surface area contributed by atoms with Gasteiger partial charge in [-0.05, 0) is 36.8 Å². The molecule has 0 saturated carbocycles. The number of aromatic nitrogens is 3. The Bertz CT molecular complexity index is 992. The van der Waals surface area contributed by atoms with Crippen LogP contribution in [-0.4, -0.2) is 15.0 Å². The van der Waals surface area contributed by atoms with Gasteiger partial charge in [-0.1, -0.05) is 6.08 Å². The third-order valence-corrected chi connectivity index (χ3v) is 4.41. The first-order valence-corrected chi connectivity index (χ1v) is 8.40. The van der Waals surface area contributed by atoms with Crippen molar-refractivity contribution >= 4 is 29.2 Å². The Morgan fingerprint density at radius 2 is 2.00 bits per heavy atom. The Balaban J connectivity index is 1.83. The molecular weight excluding hydrogens is 358 g/mol. The second-order valence-corrected chi connectivity index (χ2v) is 6.32. The lowest BCUT2D eigenvalue weighted by molar-refractivity contribution is 0.509. The van der Waals surface area contributed by atoms with Crippen molar-refractivity contribution in [3.8, 4) is 11.4 Å². The number of hydrogen-bond donors (Lipinski definition) is 1. The number of benzene rings is 1. The molecule has 4 rings (SSSR count). The zero-order valence-electron chi connectivity index (χ0n) is 13.5. The molecule has 1 aliphatic rings. The van der Waals surface area contributed by atoms with E-state index in [1.165, 1.54) is 6.07 Å². The van der Waals surface area contributed by atoms with Crippen LogP contribution in [0.5, 0.6) is 0 Å². The number of fused-ring (bicyclic) bond motifs is 1. The van der Waals surface area contributed by atoms with Crippen molar-refractivity contribution in [1.82, 2.24) is 15.0 Å². The largest absolute Gasteiger partial charge is 0.340 e. The molecule has 7 heteroatoms. The smallest absolute Gasteiger partial charge is 0.163 e.